The van der Waals surface area contributed by atoms with Crippen molar-refractivity contribution < 1.29 is 4.74 Å². The number of aromatic nitrogens is 2. The Bertz CT molecular complexity index is 577. The molecule has 0 aliphatic carbocycles. The molecule has 0 unspecified atom stereocenters. The van der Waals surface area contributed by atoms with Crippen molar-refractivity contribution in [2.45, 2.75) is 13.3 Å². The lowest BCUT2D eigenvalue weighted by molar-refractivity contribution is 0.415. The summed E-state index contributed by atoms with van der Waals surface area (Å²) in [7, 11) is 1.64. The lowest BCUT2D eigenvalue weighted by Crippen LogP contribution is -2.03. The first-order chi connectivity index (χ1) is 9.71. The molecule has 20 heavy (non-hydrogen) atoms. The quantitative estimate of drug-likeness (QED) is 0.839. The lowest BCUT2D eigenvalue weighted by Gasteiger charge is -2.10. The topological polar surface area (TPSA) is 59.1 Å². The van der Waals surface area contributed by atoms with E-state index in [9.17, 15) is 0 Å². The molecule has 0 radical (unpaired) electrons. The van der Waals surface area contributed by atoms with E-state index >= 15 is 0 Å². The van der Waals surface area contributed by atoms with Gasteiger partial charge in [0.1, 0.15) is 23.7 Å². The van der Waals surface area contributed by atoms with Gasteiger partial charge in [0.2, 0.25) is 0 Å². The minimum atomic E-state index is 0.735. The van der Waals surface area contributed by atoms with Crippen LogP contribution in [0.3, 0.4) is 0 Å². The van der Waals surface area contributed by atoms with E-state index in [0.29, 0.717) is 0 Å². The first-order valence-electron chi connectivity index (χ1n) is 6.39. The zero-order chi connectivity index (χ0) is 14.4. The number of hydrogen-bond acceptors (Lipinski definition) is 5. The fraction of sp³-hybridized carbons (Fsp3) is 0.286. The highest BCUT2D eigenvalue weighted by Gasteiger charge is 2.02. The number of ether oxygens (including phenoxy) is 1. The van der Waals surface area contributed by atoms with Gasteiger partial charge in [-0.25, -0.2) is 9.97 Å². The Morgan fingerprint density at radius 3 is 2.70 bits per heavy atom. The molecule has 2 rings (SSSR count). The SMILES string of the molecule is CCCNc1cc(Nc2cc(Br)cc(OC)c2)ncn1. The summed E-state index contributed by atoms with van der Waals surface area (Å²) in [5.74, 6) is 2.32. The highest BCUT2D eigenvalue weighted by Crippen LogP contribution is 2.26. The second-order valence-electron chi connectivity index (χ2n) is 4.22. The van der Waals surface area contributed by atoms with Gasteiger partial charge in [-0.3, -0.25) is 0 Å². The number of nitrogens with zero attached hydrogens (tertiary/aromatic N) is 2. The Hall–Kier alpha value is -1.82. The predicted molar refractivity (Wildman–Crippen MR) is 84.8 cm³/mol. The van der Waals surface area contributed by atoms with Crippen LogP contribution < -0.4 is 15.4 Å². The van der Waals surface area contributed by atoms with Crippen LogP contribution in [0.2, 0.25) is 0 Å². The molecule has 1 aromatic carbocycles. The van der Waals surface area contributed by atoms with Crippen molar-refractivity contribution in [3.63, 3.8) is 0 Å². The van der Waals surface area contributed by atoms with Gasteiger partial charge in [0.15, 0.2) is 0 Å². The maximum absolute atomic E-state index is 5.24. The van der Waals surface area contributed by atoms with Crippen LogP contribution in [-0.4, -0.2) is 23.6 Å². The average molecular weight is 337 g/mol. The number of anilines is 3. The number of benzene rings is 1. The molecule has 0 saturated carbocycles. The van der Waals surface area contributed by atoms with Crippen LogP contribution in [0, 0.1) is 0 Å². The molecule has 0 amide bonds. The summed E-state index contributed by atoms with van der Waals surface area (Å²) in [4.78, 5) is 8.38. The average Bonchev–Trinajstić information content (AvgIpc) is 2.45. The van der Waals surface area contributed by atoms with Crippen molar-refractivity contribution in [3.8, 4) is 5.75 Å². The van der Waals surface area contributed by atoms with E-state index in [-0.39, 0.29) is 0 Å². The monoisotopic (exact) mass is 336 g/mol. The first kappa shape index (κ1) is 14.6. The van der Waals surface area contributed by atoms with Crippen LogP contribution in [-0.2, 0) is 0 Å². The smallest absolute Gasteiger partial charge is 0.135 e. The van der Waals surface area contributed by atoms with Crippen LogP contribution in [0.5, 0.6) is 5.75 Å². The predicted octanol–water partition coefficient (Wildman–Crippen LogP) is 3.81. The fourth-order valence-corrected chi connectivity index (χ4v) is 2.15. The molecule has 0 atom stereocenters. The van der Waals surface area contributed by atoms with Gasteiger partial charge >= 0.3 is 0 Å². The van der Waals surface area contributed by atoms with Gasteiger partial charge in [-0.2, -0.15) is 0 Å². The minimum Gasteiger partial charge on any atom is -0.497 e. The van der Waals surface area contributed by atoms with Gasteiger partial charge in [0.05, 0.1) is 7.11 Å². The molecular weight excluding hydrogens is 320 g/mol. The van der Waals surface area contributed by atoms with E-state index in [1.54, 1.807) is 7.11 Å². The van der Waals surface area contributed by atoms with Gasteiger partial charge in [0, 0.05) is 28.8 Å². The third-order valence-electron chi connectivity index (χ3n) is 2.60. The molecule has 0 fully saturated rings. The second kappa shape index (κ2) is 7.09. The molecule has 6 heteroatoms. The Morgan fingerprint density at radius 1 is 1.15 bits per heavy atom. The van der Waals surface area contributed by atoms with Gasteiger partial charge in [-0.1, -0.05) is 22.9 Å². The Morgan fingerprint density at radius 2 is 1.95 bits per heavy atom. The minimum absolute atomic E-state index is 0.735. The number of methoxy groups -OCH3 is 1. The standard InChI is InChI=1S/C14H17BrN4O/c1-3-4-16-13-8-14(18-9-17-13)19-11-5-10(15)6-12(7-11)20-2/h5-9H,3-4H2,1-2H3,(H2,16,17,18,19). The Labute approximate surface area is 126 Å². The molecule has 2 aromatic rings. The number of rotatable bonds is 6. The molecule has 0 saturated heterocycles. The zero-order valence-corrected chi connectivity index (χ0v) is 13.1. The summed E-state index contributed by atoms with van der Waals surface area (Å²) < 4.78 is 6.18. The third kappa shape index (κ3) is 4.09. The summed E-state index contributed by atoms with van der Waals surface area (Å²) in [6, 6.07) is 7.65. The van der Waals surface area contributed by atoms with Crippen LogP contribution in [0.15, 0.2) is 35.1 Å². The number of nitrogens with one attached hydrogen (secondary N) is 2. The molecular formula is C14H17BrN4O. The van der Waals surface area contributed by atoms with Crippen molar-refractivity contribution in [1.29, 1.82) is 0 Å². The van der Waals surface area contributed by atoms with Crippen molar-refractivity contribution >= 4 is 33.3 Å². The van der Waals surface area contributed by atoms with Gasteiger partial charge < -0.3 is 15.4 Å². The van der Waals surface area contributed by atoms with E-state index in [0.717, 1.165) is 40.5 Å². The Balaban J connectivity index is 2.15. The second-order valence-corrected chi connectivity index (χ2v) is 5.14. The Kier molecular flexibility index (Phi) is 5.17. The molecule has 5 nitrogen and oxygen atoms in total. The molecule has 0 aliphatic rings. The van der Waals surface area contributed by atoms with Gasteiger partial charge in [0.25, 0.3) is 0 Å². The summed E-state index contributed by atoms with van der Waals surface area (Å²) in [6.45, 7) is 3.00. The molecule has 1 heterocycles. The number of hydrogen-bond donors (Lipinski definition) is 2. The maximum Gasteiger partial charge on any atom is 0.135 e. The number of halogens is 1. The van der Waals surface area contributed by atoms with Crippen molar-refractivity contribution in [1.82, 2.24) is 9.97 Å². The molecule has 106 valence electrons. The van der Waals surface area contributed by atoms with E-state index in [1.807, 2.05) is 24.3 Å². The van der Waals surface area contributed by atoms with Crippen molar-refractivity contribution in [3.05, 3.63) is 35.1 Å². The van der Waals surface area contributed by atoms with Crippen LogP contribution in [0.4, 0.5) is 17.3 Å². The highest BCUT2D eigenvalue weighted by atomic mass is 79.9. The third-order valence-corrected chi connectivity index (χ3v) is 3.06. The van der Waals surface area contributed by atoms with E-state index < -0.39 is 0 Å². The maximum atomic E-state index is 5.24. The fourth-order valence-electron chi connectivity index (χ4n) is 1.68. The van der Waals surface area contributed by atoms with E-state index in [4.69, 9.17) is 4.74 Å². The highest BCUT2D eigenvalue weighted by molar-refractivity contribution is 9.10. The summed E-state index contributed by atoms with van der Waals surface area (Å²) in [5, 5.41) is 6.46. The van der Waals surface area contributed by atoms with Crippen molar-refractivity contribution in [2.75, 3.05) is 24.3 Å². The molecule has 0 bridgehead atoms. The molecule has 2 N–H and O–H groups in total. The van der Waals surface area contributed by atoms with Crippen molar-refractivity contribution in [2.24, 2.45) is 0 Å². The first-order valence-corrected chi connectivity index (χ1v) is 7.18. The van der Waals surface area contributed by atoms with Gasteiger partial charge in [-0.05, 0) is 18.6 Å². The largest absolute Gasteiger partial charge is 0.497 e. The molecule has 0 aliphatic heterocycles. The van der Waals surface area contributed by atoms with E-state index in [1.165, 1.54) is 6.33 Å². The summed E-state index contributed by atoms with van der Waals surface area (Å²) in [5.41, 5.74) is 0.899. The molecule has 1 aromatic heterocycles. The normalized spacial score (nSPS) is 10.2. The van der Waals surface area contributed by atoms with Crippen LogP contribution >= 0.6 is 15.9 Å². The van der Waals surface area contributed by atoms with Gasteiger partial charge in [-0.15, -0.1) is 0 Å². The molecule has 0 spiro atoms. The lowest BCUT2D eigenvalue weighted by atomic mass is 10.3. The zero-order valence-electron chi connectivity index (χ0n) is 11.5. The van der Waals surface area contributed by atoms with Crippen LogP contribution in [0.1, 0.15) is 13.3 Å². The van der Waals surface area contributed by atoms with Crippen LogP contribution in [0.25, 0.3) is 0 Å². The van der Waals surface area contributed by atoms with E-state index in [2.05, 4.69) is 43.5 Å². The summed E-state index contributed by atoms with van der Waals surface area (Å²) in [6.07, 6.45) is 2.59. The summed E-state index contributed by atoms with van der Waals surface area (Å²) >= 11 is 3.45.